The summed E-state index contributed by atoms with van der Waals surface area (Å²) in [6.45, 7) is -0.168. The molecule has 4 aliphatic rings. The topological polar surface area (TPSA) is 84.7 Å². The third-order valence-corrected chi connectivity index (χ3v) is 8.05. The number of hydrogen-bond acceptors (Lipinski definition) is 6. The lowest BCUT2D eigenvalue weighted by Gasteiger charge is -2.32. The highest BCUT2D eigenvalue weighted by Crippen LogP contribution is 2.58. The summed E-state index contributed by atoms with van der Waals surface area (Å²) in [5.74, 6) is 2.66. The molecule has 4 bridgehead atoms. The first-order valence-corrected chi connectivity index (χ1v) is 11.7. The Morgan fingerprint density at radius 1 is 1.16 bits per heavy atom. The molecule has 0 aliphatic heterocycles. The van der Waals surface area contributed by atoms with E-state index in [9.17, 15) is 9.59 Å². The van der Waals surface area contributed by atoms with Gasteiger partial charge in [0.15, 0.2) is 6.61 Å². The summed E-state index contributed by atoms with van der Waals surface area (Å²) in [7, 11) is 3.33. The molecule has 6 rings (SSSR count). The van der Waals surface area contributed by atoms with E-state index in [1.165, 1.54) is 42.3 Å². The van der Waals surface area contributed by atoms with E-state index in [0.717, 1.165) is 16.7 Å². The van der Waals surface area contributed by atoms with Crippen LogP contribution in [0.1, 0.15) is 36.2 Å². The van der Waals surface area contributed by atoms with Crippen molar-refractivity contribution in [3.63, 3.8) is 0 Å². The van der Waals surface area contributed by atoms with Crippen molar-refractivity contribution in [2.24, 2.45) is 23.7 Å². The van der Waals surface area contributed by atoms with E-state index in [4.69, 9.17) is 9.26 Å². The number of hydrogen-bond donors (Lipinski definition) is 1. The first kappa shape index (κ1) is 20.4. The molecule has 4 aliphatic carbocycles. The van der Waals surface area contributed by atoms with E-state index in [1.807, 2.05) is 30.3 Å². The highest BCUT2D eigenvalue weighted by molar-refractivity contribution is 7.99. The first-order chi connectivity index (χ1) is 15.0. The monoisotopic (exact) mass is 441 g/mol. The molecule has 7 nitrogen and oxygen atoms in total. The standard InChI is InChI=1S/C23H27N3O4S/c1-26(2)18(27)12-29-23-21(31-16-6-4-3-5-7-16)20(30-25-23)22(28)24-19-15-9-13-8-14(11-15)17(19)10-13/h3-7,13-15,17,19H,8-12H2,1-2H3,(H,24,28). The predicted octanol–water partition coefficient (Wildman–Crippen LogP) is 3.46. The van der Waals surface area contributed by atoms with Crippen molar-refractivity contribution in [1.82, 2.24) is 15.4 Å². The normalized spacial score (nSPS) is 28.0. The average molecular weight is 442 g/mol. The van der Waals surface area contributed by atoms with Crippen molar-refractivity contribution in [2.45, 2.75) is 41.5 Å². The molecule has 0 spiro atoms. The highest BCUT2D eigenvalue weighted by Gasteiger charge is 2.54. The van der Waals surface area contributed by atoms with Crippen LogP contribution in [0.4, 0.5) is 0 Å². The van der Waals surface area contributed by atoms with E-state index in [2.05, 4.69) is 10.5 Å². The van der Waals surface area contributed by atoms with Crippen molar-refractivity contribution >= 4 is 23.6 Å². The molecule has 0 radical (unpaired) electrons. The fraction of sp³-hybridized carbons (Fsp3) is 0.522. The number of benzene rings is 1. The number of likely N-dealkylation sites (N-methyl/N-ethyl adjacent to an activating group) is 1. The highest BCUT2D eigenvalue weighted by atomic mass is 32.2. The Bertz CT molecular complexity index is 972. The van der Waals surface area contributed by atoms with Gasteiger partial charge in [-0.15, -0.1) is 0 Å². The lowest BCUT2D eigenvalue weighted by atomic mass is 9.79. The number of carbonyl (C=O) groups excluding carboxylic acids is 2. The van der Waals surface area contributed by atoms with Crippen LogP contribution in [-0.4, -0.2) is 48.6 Å². The molecular formula is C23H27N3O4S. The fourth-order valence-corrected chi connectivity index (χ4v) is 6.57. The molecule has 164 valence electrons. The summed E-state index contributed by atoms with van der Waals surface area (Å²) in [6, 6.07) is 9.90. The van der Waals surface area contributed by atoms with Crippen LogP contribution in [0.5, 0.6) is 5.88 Å². The maximum Gasteiger partial charge on any atom is 0.291 e. The van der Waals surface area contributed by atoms with Crippen LogP contribution >= 0.6 is 11.8 Å². The van der Waals surface area contributed by atoms with Gasteiger partial charge in [0.2, 0.25) is 5.76 Å². The Morgan fingerprint density at radius 3 is 2.68 bits per heavy atom. The molecule has 4 saturated carbocycles. The van der Waals surface area contributed by atoms with Gasteiger partial charge in [0, 0.05) is 25.0 Å². The van der Waals surface area contributed by atoms with Crippen LogP contribution in [-0.2, 0) is 4.79 Å². The second-order valence-electron chi connectivity index (χ2n) is 9.13. The number of nitrogens with zero attached hydrogens (tertiary/aromatic N) is 2. The van der Waals surface area contributed by atoms with Crippen LogP contribution in [0.2, 0.25) is 0 Å². The number of carbonyl (C=O) groups is 2. The molecule has 2 amide bonds. The number of ether oxygens (including phenoxy) is 1. The second kappa shape index (κ2) is 8.22. The van der Waals surface area contributed by atoms with Gasteiger partial charge in [-0.05, 0) is 66.6 Å². The Hall–Kier alpha value is -2.48. The van der Waals surface area contributed by atoms with Crippen molar-refractivity contribution in [3.8, 4) is 5.88 Å². The molecule has 2 aromatic rings. The Kier molecular flexibility index (Phi) is 5.42. The zero-order valence-corrected chi connectivity index (χ0v) is 18.6. The minimum atomic E-state index is -0.249. The van der Waals surface area contributed by atoms with Crippen LogP contribution in [0.25, 0.3) is 0 Å². The molecule has 8 heteroatoms. The van der Waals surface area contributed by atoms with Gasteiger partial charge in [-0.3, -0.25) is 9.59 Å². The summed E-state index contributed by atoms with van der Waals surface area (Å²) in [6.07, 6.45) is 5.01. The van der Waals surface area contributed by atoms with Crippen LogP contribution in [0, 0.1) is 23.7 Å². The minimum absolute atomic E-state index is 0.151. The smallest absolute Gasteiger partial charge is 0.291 e. The maximum atomic E-state index is 13.2. The summed E-state index contributed by atoms with van der Waals surface area (Å²) in [4.78, 5) is 28.1. The van der Waals surface area contributed by atoms with Gasteiger partial charge in [0.1, 0.15) is 4.90 Å². The van der Waals surface area contributed by atoms with Gasteiger partial charge < -0.3 is 19.5 Å². The van der Waals surface area contributed by atoms with Crippen LogP contribution < -0.4 is 10.1 Å². The SMILES string of the molecule is CN(C)C(=O)COc1noc(C(=O)NC2C3CC4CC(C3)C2C4)c1Sc1ccccc1. The lowest BCUT2D eigenvalue weighted by Crippen LogP contribution is -2.44. The fourth-order valence-electron chi connectivity index (χ4n) is 5.64. The molecule has 4 fully saturated rings. The molecule has 5 atom stereocenters. The number of aromatic nitrogens is 1. The maximum absolute atomic E-state index is 13.2. The third-order valence-electron chi connectivity index (χ3n) is 6.98. The number of nitrogens with one attached hydrogen (secondary N) is 1. The van der Waals surface area contributed by atoms with Gasteiger partial charge in [-0.2, -0.15) is 0 Å². The van der Waals surface area contributed by atoms with Crippen molar-refractivity contribution in [3.05, 3.63) is 36.1 Å². The first-order valence-electron chi connectivity index (χ1n) is 10.9. The Labute approximate surface area is 185 Å². The molecule has 1 heterocycles. The van der Waals surface area contributed by atoms with Crippen LogP contribution in [0.3, 0.4) is 0 Å². The predicted molar refractivity (Wildman–Crippen MR) is 115 cm³/mol. The van der Waals surface area contributed by atoms with Gasteiger partial charge in [0.25, 0.3) is 17.7 Å². The van der Waals surface area contributed by atoms with E-state index >= 15 is 0 Å². The minimum Gasteiger partial charge on any atom is -0.465 e. The Morgan fingerprint density at radius 2 is 1.94 bits per heavy atom. The summed E-state index contributed by atoms with van der Waals surface area (Å²) < 4.78 is 11.1. The third kappa shape index (κ3) is 3.93. The average Bonchev–Trinajstić information content (AvgIpc) is 3.36. The molecule has 5 unspecified atom stereocenters. The van der Waals surface area contributed by atoms with E-state index in [-0.39, 0.29) is 36.1 Å². The van der Waals surface area contributed by atoms with Gasteiger partial charge >= 0.3 is 0 Å². The quantitative estimate of drug-likeness (QED) is 0.708. The van der Waals surface area contributed by atoms with Crippen LogP contribution in [0.15, 0.2) is 44.6 Å². The zero-order chi connectivity index (χ0) is 21.5. The van der Waals surface area contributed by atoms with Gasteiger partial charge in [-0.1, -0.05) is 30.0 Å². The van der Waals surface area contributed by atoms with E-state index < -0.39 is 0 Å². The molecule has 31 heavy (non-hydrogen) atoms. The lowest BCUT2D eigenvalue weighted by molar-refractivity contribution is -0.130. The molecule has 1 aromatic carbocycles. The Balaban J connectivity index is 1.36. The van der Waals surface area contributed by atoms with Crippen molar-refractivity contribution in [1.29, 1.82) is 0 Å². The number of rotatable bonds is 7. The van der Waals surface area contributed by atoms with Crippen molar-refractivity contribution < 1.29 is 18.8 Å². The van der Waals surface area contributed by atoms with E-state index in [1.54, 1.807) is 14.1 Å². The molecule has 0 saturated heterocycles. The van der Waals surface area contributed by atoms with E-state index in [0.29, 0.717) is 16.7 Å². The number of amides is 2. The summed E-state index contributed by atoms with van der Waals surface area (Å²) in [5, 5.41) is 7.25. The zero-order valence-electron chi connectivity index (χ0n) is 17.7. The molecule has 1 N–H and O–H groups in total. The van der Waals surface area contributed by atoms with Gasteiger partial charge in [-0.25, -0.2) is 0 Å². The van der Waals surface area contributed by atoms with Gasteiger partial charge in [0.05, 0.1) is 0 Å². The van der Waals surface area contributed by atoms with Crippen molar-refractivity contribution in [2.75, 3.05) is 20.7 Å². The summed E-state index contributed by atoms with van der Waals surface area (Å²) >= 11 is 1.36. The largest absolute Gasteiger partial charge is 0.465 e. The molecule has 1 aromatic heterocycles. The second-order valence-corrected chi connectivity index (χ2v) is 10.2. The summed E-state index contributed by atoms with van der Waals surface area (Å²) in [5.41, 5.74) is 0. The molecular weight excluding hydrogens is 414 g/mol.